The van der Waals surface area contributed by atoms with Crippen molar-refractivity contribution in [1.29, 1.82) is 0 Å². The van der Waals surface area contributed by atoms with E-state index in [1.54, 1.807) is 12.1 Å². The molecule has 0 aliphatic carbocycles. The van der Waals surface area contributed by atoms with Crippen LogP contribution >= 0.6 is 0 Å². The minimum Gasteiger partial charge on any atom is -0.333 e. The van der Waals surface area contributed by atoms with E-state index in [0.29, 0.717) is 24.1 Å². The third-order valence-corrected chi connectivity index (χ3v) is 4.18. The number of benzene rings is 1. The van der Waals surface area contributed by atoms with Crippen molar-refractivity contribution in [3.63, 3.8) is 0 Å². The van der Waals surface area contributed by atoms with Crippen LogP contribution in [-0.2, 0) is 14.4 Å². The van der Waals surface area contributed by atoms with Crippen LogP contribution in [0, 0.1) is 5.92 Å². The van der Waals surface area contributed by atoms with Crippen LogP contribution in [0.1, 0.15) is 40.5 Å². The Morgan fingerprint density at radius 1 is 1.04 bits per heavy atom. The van der Waals surface area contributed by atoms with Crippen LogP contribution in [0.25, 0.3) is 0 Å². The lowest BCUT2D eigenvalue weighted by Gasteiger charge is -2.29. The Morgan fingerprint density at radius 2 is 1.57 bits per heavy atom. The first-order chi connectivity index (χ1) is 11.0. The lowest BCUT2D eigenvalue weighted by Crippen LogP contribution is -2.45. The first kappa shape index (κ1) is 15.2. The molecule has 1 aromatic carbocycles. The second kappa shape index (κ2) is 5.83. The van der Waals surface area contributed by atoms with Gasteiger partial charge in [-0.05, 0) is 30.9 Å². The molecule has 0 bridgehead atoms. The van der Waals surface area contributed by atoms with Crippen molar-refractivity contribution >= 4 is 23.7 Å². The van der Waals surface area contributed by atoms with Crippen LogP contribution in [0.15, 0.2) is 24.3 Å². The summed E-state index contributed by atoms with van der Waals surface area (Å²) in [4.78, 5) is 54.4. The number of fused-ring (bicyclic) bond motifs is 1. The second-order valence-corrected chi connectivity index (χ2v) is 5.80. The minimum atomic E-state index is -1.21. The SMILES string of the molecule is CC1CCN(C(=O)C(=O)ON2C(=O)c3ccccc3C2=O)CC1. The molecule has 0 N–H and O–H groups in total. The number of amides is 3. The van der Waals surface area contributed by atoms with Crippen molar-refractivity contribution in [1.82, 2.24) is 9.96 Å². The van der Waals surface area contributed by atoms with E-state index < -0.39 is 23.7 Å². The Balaban J connectivity index is 1.68. The van der Waals surface area contributed by atoms with Crippen molar-refractivity contribution in [2.24, 2.45) is 5.92 Å². The monoisotopic (exact) mass is 316 g/mol. The molecule has 23 heavy (non-hydrogen) atoms. The molecule has 2 aliphatic heterocycles. The molecule has 1 aromatic rings. The number of imide groups is 1. The highest BCUT2D eigenvalue weighted by molar-refractivity contribution is 6.33. The molecule has 7 heteroatoms. The van der Waals surface area contributed by atoms with E-state index in [0.717, 1.165) is 12.8 Å². The molecule has 3 amide bonds. The number of carbonyl (C=O) groups excluding carboxylic acids is 4. The zero-order valence-corrected chi connectivity index (χ0v) is 12.7. The first-order valence-corrected chi connectivity index (χ1v) is 7.48. The molecule has 1 fully saturated rings. The molecular weight excluding hydrogens is 300 g/mol. The number of hydrogen-bond acceptors (Lipinski definition) is 5. The van der Waals surface area contributed by atoms with E-state index in [1.165, 1.54) is 17.0 Å². The standard InChI is InChI=1S/C16H16N2O5/c1-10-6-8-17(9-7-10)15(21)16(22)23-18-13(19)11-4-2-3-5-12(11)14(18)20/h2-5,10H,6-9H2,1H3. The summed E-state index contributed by atoms with van der Waals surface area (Å²) in [5, 5.41) is 0.359. The second-order valence-electron chi connectivity index (χ2n) is 5.80. The van der Waals surface area contributed by atoms with Gasteiger partial charge in [0, 0.05) is 13.1 Å². The Labute approximate surface area is 132 Å². The topological polar surface area (TPSA) is 84.0 Å². The summed E-state index contributed by atoms with van der Waals surface area (Å²) in [5.41, 5.74) is 0.314. The first-order valence-electron chi connectivity index (χ1n) is 7.48. The minimum absolute atomic E-state index is 0.157. The van der Waals surface area contributed by atoms with Gasteiger partial charge in [0.25, 0.3) is 11.8 Å². The van der Waals surface area contributed by atoms with E-state index in [2.05, 4.69) is 6.92 Å². The van der Waals surface area contributed by atoms with Gasteiger partial charge >= 0.3 is 11.9 Å². The van der Waals surface area contributed by atoms with Crippen LogP contribution in [0.4, 0.5) is 0 Å². The molecule has 0 spiro atoms. The predicted octanol–water partition coefficient (Wildman–Crippen LogP) is 0.999. The van der Waals surface area contributed by atoms with Crippen molar-refractivity contribution in [3.05, 3.63) is 35.4 Å². The van der Waals surface area contributed by atoms with E-state index in [9.17, 15) is 19.2 Å². The Morgan fingerprint density at radius 3 is 2.09 bits per heavy atom. The molecule has 0 unspecified atom stereocenters. The van der Waals surface area contributed by atoms with Gasteiger partial charge < -0.3 is 9.74 Å². The summed E-state index contributed by atoms with van der Waals surface area (Å²) < 4.78 is 0. The highest BCUT2D eigenvalue weighted by Gasteiger charge is 2.40. The van der Waals surface area contributed by atoms with Crippen LogP contribution in [0.2, 0.25) is 0 Å². The summed E-state index contributed by atoms with van der Waals surface area (Å²) in [6, 6.07) is 6.15. The molecule has 1 saturated heterocycles. The number of hydrogen-bond donors (Lipinski definition) is 0. The fourth-order valence-corrected chi connectivity index (χ4v) is 2.71. The molecule has 0 saturated carbocycles. The van der Waals surface area contributed by atoms with Gasteiger partial charge in [-0.15, -0.1) is 0 Å². The average Bonchev–Trinajstić information content (AvgIpc) is 2.80. The zero-order chi connectivity index (χ0) is 16.6. The van der Waals surface area contributed by atoms with Crippen molar-refractivity contribution < 1.29 is 24.0 Å². The Kier molecular flexibility index (Phi) is 3.85. The molecule has 2 aliphatic rings. The summed E-state index contributed by atoms with van der Waals surface area (Å²) >= 11 is 0. The molecular formula is C16H16N2O5. The summed E-state index contributed by atoms with van der Waals surface area (Å²) in [6.45, 7) is 3.02. The maximum atomic E-state index is 12.1. The predicted molar refractivity (Wildman–Crippen MR) is 78.0 cm³/mol. The van der Waals surface area contributed by atoms with E-state index in [4.69, 9.17) is 4.84 Å². The number of hydroxylamine groups is 2. The van der Waals surface area contributed by atoms with Gasteiger partial charge in [-0.2, -0.15) is 0 Å². The van der Waals surface area contributed by atoms with Crippen LogP contribution in [-0.4, -0.2) is 46.7 Å². The highest BCUT2D eigenvalue weighted by Crippen LogP contribution is 2.23. The van der Waals surface area contributed by atoms with Crippen molar-refractivity contribution in [2.45, 2.75) is 19.8 Å². The van der Waals surface area contributed by atoms with Crippen molar-refractivity contribution in [2.75, 3.05) is 13.1 Å². The quantitative estimate of drug-likeness (QED) is 0.570. The summed E-state index contributed by atoms with van der Waals surface area (Å²) in [5.74, 6) is -3.01. The van der Waals surface area contributed by atoms with Gasteiger partial charge in [0.05, 0.1) is 11.1 Å². The van der Waals surface area contributed by atoms with Crippen LogP contribution in [0.3, 0.4) is 0 Å². The highest BCUT2D eigenvalue weighted by atomic mass is 16.7. The molecule has 0 aromatic heterocycles. The van der Waals surface area contributed by atoms with Gasteiger partial charge in [0.1, 0.15) is 0 Å². The number of carbonyl (C=O) groups is 4. The van der Waals surface area contributed by atoms with Gasteiger partial charge in [-0.3, -0.25) is 14.4 Å². The van der Waals surface area contributed by atoms with Gasteiger partial charge in [-0.25, -0.2) is 4.79 Å². The molecule has 0 atom stereocenters. The number of nitrogens with zero attached hydrogens (tertiary/aromatic N) is 2. The Hall–Kier alpha value is -2.70. The maximum absolute atomic E-state index is 12.1. The average molecular weight is 316 g/mol. The normalized spacial score (nSPS) is 18.1. The molecule has 7 nitrogen and oxygen atoms in total. The van der Waals surface area contributed by atoms with E-state index in [-0.39, 0.29) is 11.1 Å². The van der Waals surface area contributed by atoms with Crippen LogP contribution < -0.4 is 0 Å². The van der Waals surface area contributed by atoms with E-state index >= 15 is 0 Å². The maximum Gasteiger partial charge on any atom is 0.421 e. The lowest BCUT2D eigenvalue weighted by atomic mass is 9.99. The lowest BCUT2D eigenvalue weighted by molar-refractivity contribution is -0.178. The van der Waals surface area contributed by atoms with Crippen LogP contribution in [0.5, 0.6) is 0 Å². The van der Waals surface area contributed by atoms with Gasteiger partial charge in [0.15, 0.2) is 0 Å². The zero-order valence-electron chi connectivity index (χ0n) is 12.7. The van der Waals surface area contributed by atoms with Gasteiger partial charge in [0.2, 0.25) is 0 Å². The smallest absolute Gasteiger partial charge is 0.333 e. The van der Waals surface area contributed by atoms with Gasteiger partial charge in [-0.1, -0.05) is 24.1 Å². The number of likely N-dealkylation sites (tertiary alicyclic amines) is 1. The fourth-order valence-electron chi connectivity index (χ4n) is 2.71. The number of piperidine rings is 1. The fraction of sp³-hybridized carbons (Fsp3) is 0.375. The third kappa shape index (κ3) is 2.69. The molecule has 0 radical (unpaired) electrons. The largest absolute Gasteiger partial charge is 0.421 e. The number of rotatable bonds is 1. The van der Waals surface area contributed by atoms with Crippen molar-refractivity contribution in [3.8, 4) is 0 Å². The molecule has 120 valence electrons. The molecule has 2 heterocycles. The summed E-state index contributed by atoms with van der Waals surface area (Å²) in [6.07, 6.45) is 1.62. The summed E-state index contributed by atoms with van der Waals surface area (Å²) in [7, 11) is 0. The van der Waals surface area contributed by atoms with E-state index in [1.807, 2.05) is 0 Å². The Bertz CT molecular complexity index is 656. The third-order valence-electron chi connectivity index (χ3n) is 4.18. The molecule has 3 rings (SSSR count).